The maximum Gasteiger partial charge on any atom is 0.232 e. The predicted molar refractivity (Wildman–Crippen MR) is 84.3 cm³/mol. The lowest BCUT2D eigenvalue weighted by Gasteiger charge is -2.32. The minimum Gasteiger partial charge on any atom is -0.345 e. The van der Waals surface area contributed by atoms with Crippen LogP contribution in [0.25, 0.3) is 0 Å². The fourth-order valence-electron chi connectivity index (χ4n) is 2.40. The van der Waals surface area contributed by atoms with Gasteiger partial charge in [0.05, 0.1) is 0 Å². The number of nitrogens with zero attached hydrogens (tertiary/aromatic N) is 4. The van der Waals surface area contributed by atoms with Crippen LogP contribution in [0.3, 0.4) is 0 Å². The van der Waals surface area contributed by atoms with Crippen LogP contribution in [0.2, 0.25) is 0 Å². The largest absolute Gasteiger partial charge is 0.345 e. The van der Waals surface area contributed by atoms with E-state index < -0.39 is 0 Å². The van der Waals surface area contributed by atoms with Gasteiger partial charge in [0.15, 0.2) is 0 Å². The second-order valence-corrected chi connectivity index (χ2v) is 5.78. The average molecular weight is 304 g/mol. The summed E-state index contributed by atoms with van der Waals surface area (Å²) in [6, 6.07) is 3.88. The lowest BCUT2D eigenvalue weighted by atomic mass is 10.2. The molecular weight excluding hydrogens is 280 g/mol. The fraction of sp³-hybridized carbons (Fsp3) is 0.562. The number of likely N-dealkylation sites (N-methyl/N-ethyl adjacent to an activating group) is 2. The number of aromatic nitrogens is 1. The summed E-state index contributed by atoms with van der Waals surface area (Å²) in [5, 5.41) is 0. The number of piperazine rings is 1. The van der Waals surface area contributed by atoms with Crippen LogP contribution in [-0.4, -0.2) is 78.3 Å². The fourth-order valence-corrected chi connectivity index (χ4v) is 2.40. The molecule has 1 aliphatic heterocycles. The zero-order chi connectivity index (χ0) is 15.9. The van der Waals surface area contributed by atoms with E-state index in [-0.39, 0.29) is 18.2 Å². The Balaban J connectivity index is 1.75. The van der Waals surface area contributed by atoms with Crippen molar-refractivity contribution in [3.63, 3.8) is 0 Å². The monoisotopic (exact) mass is 304 g/mol. The molecule has 0 aliphatic carbocycles. The molecule has 1 aromatic heterocycles. The molecular formula is C16H24N4O2. The number of rotatable bonds is 5. The van der Waals surface area contributed by atoms with E-state index in [9.17, 15) is 9.59 Å². The van der Waals surface area contributed by atoms with Gasteiger partial charge in [-0.1, -0.05) is 0 Å². The number of pyridine rings is 1. The van der Waals surface area contributed by atoms with Crippen molar-refractivity contribution in [2.24, 2.45) is 0 Å². The van der Waals surface area contributed by atoms with Crippen molar-refractivity contribution in [3.8, 4) is 0 Å². The molecule has 0 unspecified atom stereocenters. The normalized spacial score (nSPS) is 15.6. The first kappa shape index (κ1) is 16.4. The van der Waals surface area contributed by atoms with Crippen LogP contribution < -0.4 is 0 Å². The van der Waals surface area contributed by atoms with E-state index in [0.29, 0.717) is 19.6 Å². The second-order valence-electron chi connectivity index (χ2n) is 5.78. The topological polar surface area (TPSA) is 56.8 Å². The molecule has 0 aromatic carbocycles. The summed E-state index contributed by atoms with van der Waals surface area (Å²) in [7, 11) is 3.79. The third kappa shape index (κ3) is 4.80. The minimum absolute atomic E-state index is 0.0312. The summed E-state index contributed by atoms with van der Waals surface area (Å²) >= 11 is 0. The van der Waals surface area contributed by atoms with Crippen molar-refractivity contribution in [2.75, 3.05) is 46.8 Å². The molecule has 2 amide bonds. The van der Waals surface area contributed by atoms with E-state index >= 15 is 0 Å². The summed E-state index contributed by atoms with van der Waals surface area (Å²) < 4.78 is 0. The number of amides is 2. The van der Waals surface area contributed by atoms with Gasteiger partial charge in [0.25, 0.3) is 0 Å². The standard InChI is InChI=1S/C16H24N4O2/c1-18-9-11-20(12-10-18)16(22)13-15(21)19(2)8-5-14-3-6-17-7-4-14/h3-4,6-7H,5,8-13H2,1-2H3. The van der Waals surface area contributed by atoms with Gasteiger partial charge in [-0.2, -0.15) is 0 Å². The molecule has 1 fully saturated rings. The van der Waals surface area contributed by atoms with Crippen LogP contribution in [0.1, 0.15) is 12.0 Å². The number of carbonyl (C=O) groups excluding carboxylic acids is 2. The van der Waals surface area contributed by atoms with Gasteiger partial charge in [0.2, 0.25) is 11.8 Å². The molecule has 6 heteroatoms. The van der Waals surface area contributed by atoms with Crippen LogP contribution in [0.4, 0.5) is 0 Å². The van der Waals surface area contributed by atoms with Gasteiger partial charge in [-0.05, 0) is 31.2 Å². The van der Waals surface area contributed by atoms with E-state index in [0.717, 1.165) is 25.1 Å². The van der Waals surface area contributed by atoms with Crippen molar-refractivity contribution in [1.82, 2.24) is 19.7 Å². The van der Waals surface area contributed by atoms with Crippen molar-refractivity contribution in [1.29, 1.82) is 0 Å². The lowest BCUT2D eigenvalue weighted by Crippen LogP contribution is -2.48. The van der Waals surface area contributed by atoms with Gasteiger partial charge < -0.3 is 14.7 Å². The highest BCUT2D eigenvalue weighted by atomic mass is 16.2. The molecule has 120 valence electrons. The maximum absolute atomic E-state index is 12.1. The van der Waals surface area contributed by atoms with Gasteiger partial charge in [0.1, 0.15) is 6.42 Å². The summed E-state index contributed by atoms with van der Waals surface area (Å²) in [5.41, 5.74) is 1.14. The molecule has 0 spiro atoms. The smallest absolute Gasteiger partial charge is 0.232 e. The first-order valence-corrected chi connectivity index (χ1v) is 7.65. The summed E-state index contributed by atoms with van der Waals surface area (Å²) in [6.07, 6.45) is 4.23. The van der Waals surface area contributed by atoms with Gasteiger partial charge in [0, 0.05) is 52.2 Å². The van der Waals surface area contributed by atoms with Gasteiger partial charge in [-0.15, -0.1) is 0 Å². The molecule has 2 rings (SSSR count). The molecule has 0 N–H and O–H groups in total. The van der Waals surface area contributed by atoms with Crippen LogP contribution in [0.15, 0.2) is 24.5 Å². The van der Waals surface area contributed by atoms with Crippen LogP contribution in [0, 0.1) is 0 Å². The van der Waals surface area contributed by atoms with Crippen LogP contribution in [0.5, 0.6) is 0 Å². The molecule has 0 radical (unpaired) electrons. The molecule has 0 bridgehead atoms. The Hall–Kier alpha value is -1.95. The molecule has 0 atom stereocenters. The Morgan fingerprint density at radius 2 is 1.82 bits per heavy atom. The molecule has 1 aliphatic rings. The van der Waals surface area contributed by atoms with E-state index in [1.54, 1.807) is 29.2 Å². The van der Waals surface area contributed by atoms with Crippen molar-refractivity contribution in [2.45, 2.75) is 12.8 Å². The van der Waals surface area contributed by atoms with Gasteiger partial charge in [-0.25, -0.2) is 0 Å². The SMILES string of the molecule is CN1CCN(C(=O)CC(=O)N(C)CCc2ccncc2)CC1. The van der Waals surface area contributed by atoms with Crippen LogP contribution in [-0.2, 0) is 16.0 Å². The molecule has 6 nitrogen and oxygen atoms in total. The first-order chi connectivity index (χ1) is 10.6. The summed E-state index contributed by atoms with van der Waals surface area (Å²) in [6.45, 7) is 3.78. The molecule has 1 aromatic rings. The molecule has 0 saturated carbocycles. The lowest BCUT2D eigenvalue weighted by molar-refractivity contribution is -0.140. The minimum atomic E-state index is -0.113. The molecule has 2 heterocycles. The maximum atomic E-state index is 12.1. The number of hydrogen-bond donors (Lipinski definition) is 0. The predicted octanol–water partition coefficient (Wildman–Crippen LogP) is 0.247. The van der Waals surface area contributed by atoms with Crippen LogP contribution >= 0.6 is 0 Å². The zero-order valence-corrected chi connectivity index (χ0v) is 13.4. The molecule has 22 heavy (non-hydrogen) atoms. The highest BCUT2D eigenvalue weighted by molar-refractivity contribution is 5.96. The number of carbonyl (C=O) groups is 2. The molecule has 1 saturated heterocycles. The van der Waals surface area contributed by atoms with E-state index in [1.165, 1.54) is 0 Å². The van der Waals surface area contributed by atoms with E-state index in [2.05, 4.69) is 9.88 Å². The highest BCUT2D eigenvalue weighted by Gasteiger charge is 2.22. The van der Waals surface area contributed by atoms with Crippen molar-refractivity contribution in [3.05, 3.63) is 30.1 Å². The van der Waals surface area contributed by atoms with Crippen molar-refractivity contribution < 1.29 is 9.59 Å². The van der Waals surface area contributed by atoms with Crippen molar-refractivity contribution >= 4 is 11.8 Å². The quantitative estimate of drug-likeness (QED) is 0.732. The number of hydrogen-bond acceptors (Lipinski definition) is 4. The van der Waals surface area contributed by atoms with Gasteiger partial charge >= 0.3 is 0 Å². The first-order valence-electron chi connectivity index (χ1n) is 7.65. The Labute approximate surface area is 131 Å². The Morgan fingerprint density at radius 3 is 2.45 bits per heavy atom. The van der Waals surface area contributed by atoms with Gasteiger partial charge in [-0.3, -0.25) is 14.6 Å². The average Bonchev–Trinajstić information content (AvgIpc) is 2.54. The summed E-state index contributed by atoms with van der Waals surface area (Å²) in [4.78, 5) is 33.9. The Kier molecular flexibility index (Phi) is 5.89. The Bertz CT molecular complexity index is 498. The van der Waals surface area contributed by atoms with E-state index in [1.807, 2.05) is 19.2 Å². The Morgan fingerprint density at radius 1 is 1.18 bits per heavy atom. The van der Waals surface area contributed by atoms with E-state index in [4.69, 9.17) is 0 Å². The highest BCUT2D eigenvalue weighted by Crippen LogP contribution is 2.05. The third-order valence-corrected chi connectivity index (χ3v) is 4.07. The third-order valence-electron chi connectivity index (χ3n) is 4.07. The second kappa shape index (κ2) is 7.89. The zero-order valence-electron chi connectivity index (χ0n) is 13.4. The summed E-state index contributed by atoms with van der Waals surface area (Å²) in [5.74, 6) is -0.174.